The molecule has 0 saturated heterocycles. The van der Waals surface area contributed by atoms with Crippen molar-refractivity contribution in [1.29, 1.82) is 0 Å². The predicted octanol–water partition coefficient (Wildman–Crippen LogP) is 3.63. The Morgan fingerprint density at radius 1 is 1.16 bits per heavy atom. The van der Waals surface area contributed by atoms with Crippen LogP contribution in [0.2, 0.25) is 0 Å². The predicted molar refractivity (Wildman–Crippen MR) is 95.5 cm³/mol. The van der Waals surface area contributed by atoms with E-state index in [9.17, 15) is 14.9 Å². The van der Waals surface area contributed by atoms with Crippen LogP contribution in [0.1, 0.15) is 35.3 Å². The molecule has 0 aliphatic carbocycles. The van der Waals surface area contributed by atoms with Crippen LogP contribution in [0, 0.1) is 17.0 Å². The summed E-state index contributed by atoms with van der Waals surface area (Å²) < 4.78 is 5.69. The van der Waals surface area contributed by atoms with Crippen LogP contribution in [0.5, 0.6) is 0 Å². The molecule has 0 radical (unpaired) electrons. The molecule has 0 aliphatic heterocycles. The van der Waals surface area contributed by atoms with Gasteiger partial charge in [0.2, 0.25) is 0 Å². The highest BCUT2D eigenvalue weighted by molar-refractivity contribution is 5.97. The number of benzene rings is 2. The summed E-state index contributed by atoms with van der Waals surface area (Å²) in [6.07, 6.45) is 0. The summed E-state index contributed by atoms with van der Waals surface area (Å²) in [5, 5.41) is 13.9. The quantitative estimate of drug-likeness (QED) is 0.615. The first kappa shape index (κ1) is 18.6. The van der Waals surface area contributed by atoms with E-state index < -0.39 is 10.5 Å². The summed E-state index contributed by atoms with van der Waals surface area (Å²) in [5.74, 6) is -0.352. The van der Waals surface area contributed by atoms with Crippen LogP contribution < -0.4 is 5.32 Å². The Kier molecular flexibility index (Phi) is 5.88. The van der Waals surface area contributed by atoms with Gasteiger partial charge in [-0.2, -0.15) is 0 Å². The third-order valence-corrected chi connectivity index (χ3v) is 3.77. The zero-order valence-electron chi connectivity index (χ0n) is 14.6. The summed E-state index contributed by atoms with van der Waals surface area (Å²) in [7, 11) is 0. The Morgan fingerprint density at radius 2 is 1.84 bits per heavy atom. The average Bonchev–Trinajstić information content (AvgIpc) is 2.55. The fourth-order valence-corrected chi connectivity index (χ4v) is 2.48. The lowest BCUT2D eigenvalue weighted by Crippen LogP contribution is -2.47. The van der Waals surface area contributed by atoms with E-state index >= 15 is 0 Å². The largest absolute Gasteiger partial charge is 0.374 e. The molecule has 132 valence electrons. The van der Waals surface area contributed by atoms with Gasteiger partial charge in [0.15, 0.2) is 0 Å². The van der Waals surface area contributed by atoms with Gasteiger partial charge in [0.05, 0.1) is 23.7 Å². The summed E-state index contributed by atoms with van der Waals surface area (Å²) in [4.78, 5) is 23.0. The molecule has 0 spiro atoms. The summed E-state index contributed by atoms with van der Waals surface area (Å²) in [6, 6.07) is 14.2. The molecule has 0 aromatic heterocycles. The van der Waals surface area contributed by atoms with Gasteiger partial charge in [-0.25, -0.2) is 0 Å². The number of rotatable bonds is 7. The minimum Gasteiger partial charge on any atom is -0.374 e. The molecule has 0 aliphatic rings. The number of nitro benzene ring substituents is 1. The first-order chi connectivity index (χ1) is 11.8. The van der Waals surface area contributed by atoms with Gasteiger partial charge in [-0.3, -0.25) is 14.9 Å². The third-order valence-electron chi connectivity index (χ3n) is 3.77. The van der Waals surface area contributed by atoms with Crippen LogP contribution in [0.4, 0.5) is 5.69 Å². The molecule has 0 bridgehead atoms. The van der Waals surface area contributed by atoms with Gasteiger partial charge in [-0.05, 0) is 32.4 Å². The van der Waals surface area contributed by atoms with E-state index in [0.717, 1.165) is 5.56 Å². The van der Waals surface area contributed by atoms with Gasteiger partial charge < -0.3 is 10.1 Å². The van der Waals surface area contributed by atoms with Gasteiger partial charge in [0.1, 0.15) is 0 Å². The minimum atomic E-state index is -0.608. The standard InChI is InChI=1S/C19H22N2O4/c1-14-16(10-7-11-17(14)21(23)24)18(22)20-19(2,3)13-25-12-15-8-5-4-6-9-15/h4-11H,12-13H2,1-3H3,(H,20,22). The van der Waals surface area contributed by atoms with Crippen molar-refractivity contribution in [3.05, 3.63) is 75.3 Å². The van der Waals surface area contributed by atoms with Crippen LogP contribution in [0.3, 0.4) is 0 Å². The van der Waals surface area contributed by atoms with Gasteiger partial charge in [-0.1, -0.05) is 36.4 Å². The fourth-order valence-electron chi connectivity index (χ4n) is 2.48. The maximum absolute atomic E-state index is 12.5. The monoisotopic (exact) mass is 342 g/mol. The van der Waals surface area contributed by atoms with Gasteiger partial charge in [-0.15, -0.1) is 0 Å². The first-order valence-corrected chi connectivity index (χ1v) is 7.98. The van der Waals surface area contributed by atoms with Gasteiger partial charge >= 0.3 is 0 Å². The van der Waals surface area contributed by atoms with Crippen LogP contribution in [0.25, 0.3) is 0 Å². The number of hydrogen-bond donors (Lipinski definition) is 1. The normalized spacial score (nSPS) is 11.2. The number of nitrogens with one attached hydrogen (secondary N) is 1. The fraction of sp³-hybridized carbons (Fsp3) is 0.316. The van der Waals surface area contributed by atoms with Crippen LogP contribution in [-0.4, -0.2) is 23.0 Å². The lowest BCUT2D eigenvalue weighted by atomic mass is 10.0. The van der Waals surface area contributed by atoms with E-state index in [4.69, 9.17) is 4.74 Å². The maximum atomic E-state index is 12.5. The molecule has 1 N–H and O–H groups in total. The topological polar surface area (TPSA) is 81.5 Å². The minimum absolute atomic E-state index is 0.0641. The second-order valence-electron chi connectivity index (χ2n) is 6.52. The van der Waals surface area contributed by atoms with Crippen LogP contribution >= 0.6 is 0 Å². The Bertz CT molecular complexity index is 757. The Labute approximate surface area is 147 Å². The molecule has 0 unspecified atom stereocenters. The van der Waals surface area contributed by atoms with Crippen molar-refractivity contribution in [1.82, 2.24) is 5.32 Å². The van der Waals surface area contributed by atoms with E-state index in [-0.39, 0.29) is 11.6 Å². The second kappa shape index (κ2) is 7.90. The third kappa shape index (κ3) is 5.12. The highest BCUT2D eigenvalue weighted by Crippen LogP contribution is 2.21. The summed E-state index contributed by atoms with van der Waals surface area (Å²) >= 11 is 0. The molecule has 0 saturated carbocycles. The molecule has 6 heteroatoms. The van der Waals surface area contributed by atoms with Crippen molar-refractivity contribution in [3.8, 4) is 0 Å². The highest BCUT2D eigenvalue weighted by atomic mass is 16.6. The molecule has 6 nitrogen and oxygen atoms in total. The molecular weight excluding hydrogens is 320 g/mol. The van der Waals surface area contributed by atoms with Crippen molar-refractivity contribution < 1.29 is 14.5 Å². The number of carbonyl (C=O) groups is 1. The summed E-state index contributed by atoms with van der Waals surface area (Å²) in [5.41, 5.74) is 1.03. The number of amides is 1. The molecule has 1 amide bonds. The Morgan fingerprint density at radius 3 is 2.48 bits per heavy atom. The molecule has 25 heavy (non-hydrogen) atoms. The van der Waals surface area contributed by atoms with E-state index in [1.165, 1.54) is 12.1 Å². The molecule has 2 rings (SSSR count). The van der Waals surface area contributed by atoms with Crippen LogP contribution in [0.15, 0.2) is 48.5 Å². The maximum Gasteiger partial charge on any atom is 0.273 e. The van der Waals surface area contributed by atoms with E-state index in [1.807, 2.05) is 44.2 Å². The lowest BCUT2D eigenvalue weighted by molar-refractivity contribution is -0.385. The number of carbonyl (C=O) groups excluding carboxylic acids is 1. The molecular formula is C19H22N2O4. The van der Waals surface area contributed by atoms with Gasteiger partial charge in [0, 0.05) is 17.2 Å². The van der Waals surface area contributed by atoms with Crippen molar-refractivity contribution in [2.45, 2.75) is 32.9 Å². The molecule has 2 aromatic carbocycles. The summed E-state index contributed by atoms with van der Waals surface area (Å²) in [6.45, 7) is 6.05. The SMILES string of the molecule is Cc1c(C(=O)NC(C)(C)COCc2ccccc2)cccc1[N+](=O)[O-]. The number of hydrogen-bond acceptors (Lipinski definition) is 4. The molecule has 2 aromatic rings. The van der Waals surface area contributed by atoms with Crippen molar-refractivity contribution >= 4 is 11.6 Å². The molecule has 0 fully saturated rings. The zero-order chi connectivity index (χ0) is 18.4. The smallest absolute Gasteiger partial charge is 0.273 e. The van der Waals surface area contributed by atoms with Crippen molar-refractivity contribution in [3.63, 3.8) is 0 Å². The highest BCUT2D eigenvalue weighted by Gasteiger charge is 2.24. The zero-order valence-corrected chi connectivity index (χ0v) is 14.6. The molecule has 0 heterocycles. The number of ether oxygens (including phenoxy) is 1. The number of nitrogens with zero attached hydrogens (tertiary/aromatic N) is 1. The Hall–Kier alpha value is -2.73. The van der Waals surface area contributed by atoms with E-state index in [0.29, 0.717) is 24.3 Å². The first-order valence-electron chi connectivity index (χ1n) is 7.98. The number of nitro groups is 1. The van der Waals surface area contributed by atoms with Crippen molar-refractivity contribution in [2.75, 3.05) is 6.61 Å². The van der Waals surface area contributed by atoms with Crippen LogP contribution in [-0.2, 0) is 11.3 Å². The van der Waals surface area contributed by atoms with Crippen molar-refractivity contribution in [2.24, 2.45) is 0 Å². The second-order valence-corrected chi connectivity index (χ2v) is 6.52. The van der Waals surface area contributed by atoms with E-state index in [2.05, 4.69) is 5.32 Å². The molecule has 0 atom stereocenters. The van der Waals surface area contributed by atoms with Gasteiger partial charge in [0.25, 0.3) is 11.6 Å². The lowest BCUT2D eigenvalue weighted by Gasteiger charge is -2.26. The Balaban J connectivity index is 1.99. The van der Waals surface area contributed by atoms with E-state index in [1.54, 1.807) is 13.0 Å². The average molecular weight is 342 g/mol.